The van der Waals surface area contributed by atoms with Gasteiger partial charge < -0.3 is 4.90 Å². The first-order chi connectivity index (χ1) is 8.11. The lowest BCUT2D eigenvalue weighted by atomic mass is 10.1. The van der Waals surface area contributed by atoms with Crippen LogP contribution >= 0.6 is 0 Å². The first-order valence-corrected chi connectivity index (χ1v) is 5.97. The molecule has 0 aliphatic carbocycles. The van der Waals surface area contributed by atoms with Gasteiger partial charge in [0.15, 0.2) is 5.78 Å². The van der Waals surface area contributed by atoms with Crippen LogP contribution in [0.2, 0.25) is 0 Å². The Morgan fingerprint density at radius 2 is 1.88 bits per heavy atom. The average molecular weight is 231 g/mol. The minimum absolute atomic E-state index is 0.00411. The van der Waals surface area contributed by atoms with Crippen LogP contribution in [0.15, 0.2) is 30.3 Å². The molecule has 0 saturated carbocycles. The van der Waals surface area contributed by atoms with Gasteiger partial charge in [-0.05, 0) is 18.9 Å². The van der Waals surface area contributed by atoms with Crippen LogP contribution in [0.5, 0.6) is 0 Å². The second kappa shape index (κ2) is 4.70. The van der Waals surface area contributed by atoms with E-state index in [0.717, 1.165) is 6.42 Å². The second-order valence-electron chi connectivity index (χ2n) is 4.56. The zero-order chi connectivity index (χ0) is 12.4. The van der Waals surface area contributed by atoms with Crippen LogP contribution in [0.25, 0.3) is 0 Å². The van der Waals surface area contributed by atoms with Crippen molar-refractivity contribution in [2.45, 2.75) is 38.8 Å². The molecule has 3 heteroatoms. The number of ketones is 1. The summed E-state index contributed by atoms with van der Waals surface area (Å²) in [6, 6.07) is 9.87. The van der Waals surface area contributed by atoms with Crippen LogP contribution in [0.3, 0.4) is 0 Å². The third-order valence-corrected chi connectivity index (χ3v) is 3.30. The monoisotopic (exact) mass is 231 g/mol. The van der Waals surface area contributed by atoms with E-state index in [4.69, 9.17) is 0 Å². The number of amides is 1. The molecule has 0 spiro atoms. The van der Waals surface area contributed by atoms with Crippen LogP contribution in [-0.2, 0) is 16.0 Å². The molecule has 3 nitrogen and oxygen atoms in total. The molecule has 1 fully saturated rings. The van der Waals surface area contributed by atoms with E-state index in [-0.39, 0.29) is 23.8 Å². The summed E-state index contributed by atoms with van der Waals surface area (Å²) in [4.78, 5) is 24.7. The fraction of sp³-hybridized carbons (Fsp3) is 0.429. The van der Waals surface area contributed by atoms with Crippen molar-refractivity contribution >= 4 is 11.7 Å². The van der Waals surface area contributed by atoms with Crippen LogP contribution in [0.4, 0.5) is 0 Å². The van der Waals surface area contributed by atoms with Gasteiger partial charge in [0.1, 0.15) is 6.04 Å². The van der Waals surface area contributed by atoms with Crippen molar-refractivity contribution in [3.8, 4) is 0 Å². The molecule has 2 rings (SSSR count). The van der Waals surface area contributed by atoms with Crippen LogP contribution < -0.4 is 0 Å². The highest BCUT2D eigenvalue weighted by Crippen LogP contribution is 2.29. The molecule has 1 heterocycles. The first-order valence-electron chi connectivity index (χ1n) is 5.97. The number of hydrogen-bond acceptors (Lipinski definition) is 2. The topological polar surface area (TPSA) is 37.1 Å². The number of aryl methyl sites for hydroxylation is 1. The summed E-state index contributed by atoms with van der Waals surface area (Å²) in [5.74, 6) is 0.173. The minimum Gasteiger partial charge on any atom is -0.326 e. The fourth-order valence-electron chi connectivity index (χ4n) is 2.32. The Labute approximate surface area is 101 Å². The molecule has 1 amide bonds. The van der Waals surface area contributed by atoms with Gasteiger partial charge >= 0.3 is 0 Å². The van der Waals surface area contributed by atoms with E-state index in [2.05, 4.69) is 0 Å². The quantitative estimate of drug-likeness (QED) is 0.741. The molecule has 0 aromatic heterocycles. The molecular weight excluding hydrogens is 214 g/mol. The van der Waals surface area contributed by atoms with E-state index < -0.39 is 0 Å². The molecular formula is C14H17NO2. The molecule has 0 radical (unpaired) electrons. The van der Waals surface area contributed by atoms with E-state index in [1.54, 1.807) is 4.90 Å². The van der Waals surface area contributed by atoms with Crippen molar-refractivity contribution in [1.82, 2.24) is 4.90 Å². The van der Waals surface area contributed by atoms with Gasteiger partial charge in [0.25, 0.3) is 0 Å². The Morgan fingerprint density at radius 1 is 1.24 bits per heavy atom. The standard InChI is InChI=1S/C14H17NO2/c1-10-14(15(10)11(2)16)13(17)9-8-12-6-4-3-5-7-12/h3-7,10,14H,8-9H2,1-2H3/t10-,14-,15?/m0/s1. The number of carbonyl (C=O) groups excluding carboxylic acids is 2. The molecule has 1 aromatic rings. The largest absolute Gasteiger partial charge is 0.326 e. The van der Waals surface area contributed by atoms with E-state index in [9.17, 15) is 9.59 Å². The van der Waals surface area contributed by atoms with Crippen molar-refractivity contribution in [2.24, 2.45) is 0 Å². The molecule has 2 atom stereocenters. The Bertz CT molecular complexity index is 427. The Morgan fingerprint density at radius 3 is 2.41 bits per heavy atom. The summed E-state index contributed by atoms with van der Waals surface area (Å²) in [5.41, 5.74) is 1.17. The van der Waals surface area contributed by atoms with Gasteiger partial charge in [0.2, 0.25) is 5.91 Å². The number of rotatable bonds is 4. The van der Waals surface area contributed by atoms with E-state index in [0.29, 0.717) is 6.42 Å². The lowest BCUT2D eigenvalue weighted by Crippen LogP contribution is -2.16. The minimum atomic E-state index is -0.170. The smallest absolute Gasteiger partial charge is 0.220 e. The summed E-state index contributed by atoms with van der Waals surface area (Å²) in [5, 5.41) is 0. The molecule has 0 unspecified atom stereocenters. The second-order valence-corrected chi connectivity index (χ2v) is 4.56. The Kier molecular flexibility index (Phi) is 3.27. The lowest BCUT2D eigenvalue weighted by Gasteiger charge is -2.01. The zero-order valence-electron chi connectivity index (χ0n) is 10.2. The fourth-order valence-corrected chi connectivity index (χ4v) is 2.32. The number of benzene rings is 1. The number of nitrogens with zero attached hydrogens (tertiary/aromatic N) is 1. The van der Waals surface area contributed by atoms with Crippen molar-refractivity contribution in [1.29, 1.82) is 0 Å². The van der Waals surface area contributed by atoms with Gasteiger partial charge in [-0.15, -0.1) is 0 Å². The van der Waals surface area contributed by atoms with E-state index in [1.165, 1.54) is 12.5 Å². The Balaban J connectivity index is 1.85. The Hall–Kier alpha value is -1.64. The van der Waals surface area contributed by atoms with Crippen LogP contribution in [0.1, 0.15) is 25.8 Å². The highest BCUT2D eigenvalue weighted by molar-refractivity contribution is 5.94. The molecule has 1 saturated heterocycles. The molecule has 0 N–H and O–H groups in total. The maximum Gasteiger partial charge on any atom is 0.220 e. The third-order valence-electron chi connectivity index (χ3n) is 3.30. The van der Waals surface area contributed by atoms with Crippen LogP contribution in [-0.4, -0.2) is 28.7 Å². The molecule has 90 valence electrons. The SMILES string of the molecule is CC(=O)N1[C@H](C(=O)CCc2ccccc2)[C@@H]1C. The number of Topliss-reactive ketones (excluding diaryl/α,β-unsaturated/α-hetero) is 1. The van der Waals surface area contributed by atoms with Gasteiger partial charge in [-0.3, -0.25) is 9.59 Å². The van der Waals surface area contributed by atoms with Gasteiger partial charge in [0.05, 0.1) is 6.04 Å². The van der Waals surface area contributed by atoms with E-state index >= 15 is 0 Å². The molecule has 1 aliphatic heterocycles. The van der Waals surface area contributed by atoms with Gasteiger partial charge in [0, 0.05) is 13.3 Å². The predicted octanol–water partition coefficient (Wildman–Crippen LogP) is 1.81. The average Bonchev–Trinajstić information content (AvgIpc) is 2.99. The van der Waals surface area contributed by atoms with Crippen molar-refractivity contribution in [3.05, 3.63) is 35.9 Å². The van der Waals surface area contributed by atoms with Gasteiger partial charge in [-0.2, -0.15) is 0 Å². The van der Waals surface area contributed by atoms with E-state index in [1.807, 2.05) is 37.3 Å². The van der Waals surface area contributed by atoms with Crippen LogP contribution in [0, 0.1) is 0 Å². The maximum atomic E-state index is 11.9. The maximum absolute atomic E-state index is 11.9. The third kappa shape index (κ3) is 2.54. The predicted molar refractivity (Wildman–Crippen MR) is 65.5 cm³/mol. The number of carbonyl (C=O) groups is 2. The molecule has 0 bridgehead atoms. The highest BCUT2D eigenvalue weighted by atomic mass is 16.2. The highest BCUT2D eigenvalue weighted by Gasteiger charge is 2.50. The zero-order valence-corrected chi connectivity index (χ0v) is 10.2. The molecule has 1 aromatic carbocycles. The van der Waals surface area contributed by atoms with Crippen molar-refractivity contribution in [3.63, 3.8) is 0 Å². The van der Waals surface area contributed by atoms with Crippen molar-refractivity contribution < 1.29 is 9.59 Å². The van der Waals surface area contributed by atoms with Gasteiger partial charge in [-0.25, -0.2) is 0 Å². The summed E-state index contributed by atoms with van der Waals surface area (Å²) in [7, 11) is 0. The summed E-state index contributed by atoms with van der Waals surface area (Å²) >= 11 is 0. The molecule has 1 aliphatic rings. The van der Waals surface area contributed by atoms with Gasteiger partial charge in [-0.1, -0.05) is 30.3 Å². The molecule has 17 heavy (non-hydrogen) atoms. The summed E-state index contributed by atoms with van der Waals surface area (Å²) < 4.78 is 0. The summed E-state index contributed by atoms with van der Waals surface area (Å²) in [6.45, 7) is 3.44. The van der Waals surface area contributed by atoms with Crippen molar-refractivity contribution in [2.75, 3.05) is 0 Å². The first kappa shape index (κ1) is 11.8. The normalized spacial score (nSPS) is 22.4. The lowest BCUT2D eigenvalue weighted by molar-refractivity contribution is -0.127. The summed E-state index contributed by atoms with van der Waals surface area (Å²) in [6.07, 6.45) is 1.28. The number of hydrogen-bond donors (Lipinski definition) is 0.